The van der Waals surface area contributed by atoms with E-state index < -0.39 is 38.0 Å². The molecule has 3 aromatic heterocycles. The maximum absolute atomic E-state index is 12.9. The molecule has 0 unspecified atom stereocenters. The summed E-state index contributed by atoms with van der Waals surface area (Å²) in [5.41, 5.74) is 4.73. The number of oxazole rings is 1. The Morgan fingerprint density at radius 3 is 2.08 bits per heavy atom. The van der Waals surface area contributed by atoms with E-state index in [1.807, 2.05) is 71.8 Å². The lowest BCUT2D eigenvalue weighted by atomic mass is 10.1. The van der Waals surface area contributed by atoms with Gasteiger partial charge in [0.2, 0.25) is 11.5 Å². The topological polar surface area (TPSA) is 174 Å². The van der Waals surface area contributed by atoms with Gasteiger partial charge in [0.1, 0.15) is 0 Å². The fourth-order valence-electron chi connectivity index (χ4n) is 7.15. The highest BCUT2D eigenvalue weighted by Crippen LogP contribution is 2.44. The lowest BCUT2D eigenvalue weighted by Crippen LogP contribution is -2.39. The number of anilines is 1. The molecule has 0 radical (unpaired) electrons. The van der Waals surface area contributed by atoms with Crippen molar-refractivity contribution in [1.29, 1.82) is 0 Å². The van der Waals surface area contributed by atoms with Crippen LogP contribution in [0.2, 0.25) is 0 Å². The van der Waals surface area contributed by atoms with Crippen LogP contribution < -0.4 is 14.2 Å². The standard InChI is InChI=1S/C37H32N4O10S2/c1-4-49-37(42)15-22(13-35-40(20-52(43,44)45)31-16-25-23-9-5-7-11-27(23)38(2)29(25)18-33(31)50-35)14-36-41(21-53(46,47)48)32-17-26-24-10-6-8-12-28(24)39(3)30(26)19-34(32)51-36/h5-14,16-19H,4,15,20-21H2,1-3H3,(H-,43,44,45,46,47,48)/p+1. The van der Waals surface area contributed by atoms with Crippen molar-refractivity contribution < 1.29 is 49.2 Å². The van der Waals surface area contributed by atoms with Gasteiger partial charge in [-0.3, -0.25) is 18.8 Å². The van der Waals surface area contributed by atoms with Gasteiger partial charge in [-0.2, -0.15) is 16.8 Å². The number of rotatable bonds is 9. The summed E-state index contributed by atoms with van der Waals surface area (Å²) in [4.78, 5) is 14.2. The predicted molar refractivity (Wildman–Crippen MR) is 199 cm³/mol. The van der Waals surface area contributed by atoms with E-state index in [1.54, 1.807) is 31.2 Å². The number of aryl methyl sites for hydroxylation is 2. The number of ether oxygens (including phenoxy) is 2. The maximum atomic E-state index is 12.9. The summed E-state index contributed by atoms with van der Waals surface area (Å²) >= 11 is 0. The largest absolute Gasteiger partial charge is 0.466 e. The molecule has 0 atom stereocenters. The average Bonchev–Trinajstić information content (AvgIpc) is 3.77. The Hall–Kier alpha value is -5.68. The van der Waals surface area contributed by atoms with Crippen LogP contribution in [0.5, 0.6) is 5.75 Å². The van der Waals surface area contributed by atoms with Gasteiger partial charge in [0, 0.05) is 70.9 Å². The van der Waals surface area contributed by atoms with Crippen LogP contribution in [-0.4, -0.2) is 53.5 Å². The normalized spacial score (nSPS) is 14.7. The summed E-state index contributed by atoms with van der Waals surface area (Å²) in [6.07, 6.45) is 2.44. The van der Waals surface area contributed by atoms with Crippen LogP contribution in [0, 0.1) is 0 Å². The van der Waals surface area contributed by atoms with Crippen LogP contribution in [0.4, 0.5) is 5.69 Å². The van der Waals surface area contributed by atoms with Crippen LogP contribution in [0.15, 0.2) is 94.7 Å². The first-order chi connectivity index (χ1) is 25.2. The van der Waals surface area contributed by atoms with Gasteiger partial charge in [0.25, 0.3) is 21.5 Å². The van der Waals surface area contributed by atoms with Crippen molar-refractivity contribution >= 4 is 92.7 Å². The number of benzene rings is 4. The van der Waals surface area contributed by atoms with Gasteiger partial charge >= 0.3 is 22.0 Å². The van der Waals surface area contributed by atoms with Crippen molar-refractivity contribution in [3.63, 3.8) is 0 Å². The summed E-state index contributed by atoms with van der Waals surface area (Å²) < 4.78 is 92.4. The summed E-state index contributed by atoms with van der Waals surface area (Å²) in [6.45, 7) is 1.72. The molecule has 4 aromatic carbocycles. The first-order valence-electron chi connectivity index (χ1n) is 16.5. The second kappa shape index (κ2) is 12.5. The number of nitrogens with zero attached hydrogens (tertiary/aromatic N) is 4. The fraction of sp³-hybridized carbons (Fsp3) is 0.189. The van der Waals surface area contributed by atoms with E-state index in [-0.39, 0.29) is 30.4 Å². The van der Waals surface area contributed by atoms with Crippen LogP contribution in [0.3, 0.4) is 0 Å². The maximum Gasteiger partial charge on any atom is 0.375 e. The van der Waals surface area contributed by atoms with Crippen molar-refractivity contribution in [2.75, 3.05) is 17.4 Å². The van der Waals surface area contributed by atoms with Crippen molar-refractivity contribution in [1.82, 2.24) is 9.13 Å². The third-order valence-electron chi connectivity index (χ3n) is 9.39. The Morgan fingerprint density at radius 1 is 0.830 bits per heavy atom. The Balaban J connectivity index is 1.32. The van der Waals surface area contributed by atoms with Gasteiger partial charge in [-0.1, -0.05) is 36.4 Å². The molecule has 0 saturated heterocycles. The highest BCUT2D eigenvalue weighted by molar-refractivity contribution is 7.85. The van der Waals surface area contributed by atoms with Crippen LogP contribution in [0.1, 0.15) is 19.2 Å². The lowest BCUT2D eigenvalue weighted by molar-refractivity contribution is -0.658. The number of hydrogen-bond acceptors (Lipinski definition) is 9. The van der Waals surface area contributed by atoms with E-state index in [9.17, 15) is 30.7 Å². The van der Waals surface area contributed by atoms with Crippen molar-refractivity contribution in [3.8, 4) is 5.75 Å². The molecule has 1 aliphatic heterocycles. The first-order valence-corrected chi connectivity index (χ1v) is 19.7. The Morgan fingerprint density at radius 2 is 1.45 bits per heavy atom. The number of allylic oxidation sites excluding steroid dienone is 1. The SMILES string of the molecule is CCOC(=O)CC(=Cc1oc2cc3c(cc2[n+]1CS(=O)(=O)O)c1ccccc1n3C)C=C1Oc2cc3c(cc2N1CS(=O)(=O)O)c1ccccc1n3C. The minimum Gasteiger partial charge on any atom is -0.466 e. The van der Waals surface area contributed by atoms with Crippen LogP contribution in [0.25, 0.3) is 60.8 Å². The molecule has 14 nitrogen and oxygen atoms in total. The van der Waals surface area contributed by atoms with Gasteiger partial charge in [-0.25, -0.2) is 0 Å². The smallest absolute Gasteiger partial charge is 0.375 e. The summed E-state index contributed by atoms with van der Waals surface area (Å²) in [6, 6.07) is 22.6. The molecule has 0 saturated carbocycles. The van der Waals surface area contributed by atoms with Gasteiger partial charge in [0.05, 0.1) is 35.8 Å². The number of carbonyl (C=O) groups excluding carboxylic acids is 1. The van der Waals surface area contributed by atoms with Crippen LogP contribution in [-0.2, 0) is 49.7 Å². The molecule has 1 aliphatic rings. The number of carbonyl (C=O) groups is 1. The molecule has 0 amide bonds. The Labute approximate surface area is 302 Å². The number of aromatic nitrogens is 3. The van der Waals surface area contributed by atoms with E-state index in [0.29, 0.717) is 22.5 Å². The zero-order valence-corrected chi connectivity index (χ0v) is 30.3. The third kappa shape index (κ3) is 6.18. The highest BCUT2D eigenvalue weighted by Gasteiger charge is 2.33. The molecule has 2 N–H and O–H groups in total. The van der Waals surface area contributed by atoms with E-state index >= 15 is 0 Å². The number of para-hydroxylation sites is 2. The molecule has 53 heavy (non-hydrogen) atoms. The monoisotopic (exact) mass is 757 g/mol. The third-order valence-corrected chi connectivity index (χ3v) is 10.6. The molecule has 0 bridgehead atoms. The van der Waals surface area contributed by atoms with Gasteiger partial charge in [-0.05, 0) is 30.7 Å². The van der Waals surface area contributed by atoms with E-state index in [4.69, 9.17) is 13.9 Å². The molecule has 16 heteroatoms. The summed E-state index contributed by atoms with van der Waals surface area (Å²) in [5, 5.41) is 3.49. The number of hydrogen-bond donors (Lipinski definition) is 2. The minimum atomic E-state index is -4.61. The second-order valence-corrected chi connectivity index (χ2v) is 15.7. The summed E-state index contributed by atoms with van der Waals surface area (Å²) in [5.74, 6) is -2.16. The quantitative estimate of drug-likeness (QED) is 0.104. The zero-order valence-electron chi connectivity index (χ0n) is 28.7. The van der Waals surface area contributed by atoms with E-state index in [2.05, 4.69) is 0 Å². The van der Waals surface area contributed by atoms with Gasteiger partial charge < -0.3 is 23.0 Å². The average molecular weight is 758 g/mol. The molecular weight excluding hydrogens is 725 g/mol. The minimum absolute atomic E-state index is 0.0394. The van der Waals surface area contributed by atoms with E-state index in [0.717, 1.165) is 43.6 Å². The second-order valence-electron chi connectivity index (χ2n) is 12.8. The van der Waals surface area contributed by atoms with Crippen molar-refractivity contribution in [2.24, 2.45) is 14.1 Å². The Kier molecular flexibility index (Phi) is 8.10. The number of fused-ring (bicyclic) bond motifs is 8. The summed E-state index contributed by atoms with van der Waals surface area (Å²) in [7, 11) is -5.41. The molecular formula is C37H33N4O10S2+. The molecule has 8 rings (SSSR count). The Bertz CT molecular complexity index is 2970. The molecule has 0 spiro atoms. The molecule has 0 aliphatic carbocycles. The lowest BCUT2D eigenvalue weighted by Gasteiger charge is -2.17. The zero-order chi connectivity index (χ0) is 37.4. The molecule has 0 fully saturated rings. The van der Waals surface area contributed by atoms with Crippen LogP contribution >= 0.6 is 0 Å². The van der Waals surface area contributed by atoms with Crippen molar-refractivity contribution in [2.45, 2.75) is 19.2 Å². The van der Waals surface area contributed by atoms with Gasteiger partial charge in [-0.15, -0.1) is 4.57 Å². The first kappa shape index (κ1) is 34.4. The highest BCUT2D eigenvalue weighted by atomic mass is 32.2. The van der Waals surface area contributed by atoms with E-state index in [1.165, 1.54) is 21.6 Å². The van der Waals surface area contributed by atoms with Gasteiger partial charge in [0.15, 0.2) is 11.6 Å². The predicted octanol–water partition coefficient (Wildman–Crippen LogP) is 5.78. The molecule has 272 valence electrons. The number of esters is 1. The van der Waals surface area contributed by atoms with Crippen molar-refractivity contribution in [3.05, 3.63) is 96.2 Å². The molecule has 7 aromatic rings. The molecule has 4 heterocycles. The fourth-order valence-corrected chi connectivity index (χ4v) is 8.34.